The molecule has 0 radical (unpaired) electrons. The van der Waals surface area contributed by atoms with Crippen molar-refractivity contribution in [3.8, 4) is 0 Å². The van der Waals surface area contributed by atoms with Gasteiger partial charge in [0.2, 0.25) is 0 Å². The molecule has 1 amide bonds. The first-order valence-electron chi connectivity index (χ1n) is 8.61. The number of benzene rings is 1. The summed E-state index contributed by atoms with van der Waals surface area (Å²) in [6.45, 7) is 5.24. The summed E-state index contributed by atoms with van der Waals surface area (Å²) in [6.07, 6.45) is 3.13. The number of nitrogens with one attached hydrogen (secondary N) is 1. The lowest BCUT2D eigenvalue weighted by molar-refractivity contribution is -0.145. The minimum absolute atomic E-state index is 0.240. The van der Waals surface area contributed by atoms with Gasteiger partial charge in [0.15, 0.2) is 12.0 Å². The second-order valence-electron chi connectivity index (χ2n) is 5.79. The third-order valence-corrected chi connectivity index (χ3v) is 3.99. The average molecular weight is 357 g/mol. The summed E-state index contributed by atoms with van der Waals surface area (Å²) in [5.41, 5.74) is 2.02. The summed E-state index contributed by atoms with van der Waals surface area (Å²) in [5.74, 6) is -0.308. The number of ether oxygens (including phenoxy) is 2. The molecule has 0 aliphatic heterocycles. The van der Waals surface area contributed by atoms with Gasteiger partial charge in [0.25, 0.3) is 5.91 Å². The van der Waals surface area contributed by atoms with Crippen molar-refractivity contribution in [1.29, 1.82) is 0 Å². The monoisotopic (exact) mass is 357 g/mol. The van der Waals surface area contributed by atoms with E-state index in [-0.39, 0.29) is 11.6 Å². The predicted octanol–water partition coefficient (Wildman–Crippen LogP) is 2.42. The molecular formula is C18H23N5O3. The molecule has 0 spiro atoms. The van der Waals surface area contributed by atoms with Gasteiger partial charge in [-0.2, -0.15) is 0 Å². The minimum Gasteiger partial charge on any atom is -0.351 e. The Morgan fingerprint density at radius 3 is 2.73 bits per heavy atom. The van der Waals surface area contributed by atoms with Crippen LogP contribution in [0.5, 0.6) is 0 Å². The van der Waals surface area contributed by atoms with E-state index in [1.165, 1.54) is 0 Å². The van der Waals surface area contributed by atoms with E-state index < -0.39 is 6.29 Å². The van der Waals surface area contributed by atoms with E-state index in [2.05, 4.69) is 15.6 Å². The Morgan fingerprint density at radius 1 is 1.23 bits per heavy atom. The molecule has 0 saturated heterocycles. The molecule has 0 aliphatic rings. The van der Waals surface area contributed by atoms with Gasteiger partial charge in [0.1, 0.15) is 0 Å². The van der Waals surface area contributed by atoms with Gasteiger partial charge in [-0.05, 0) is 32.0 Å². The Labute approximate surface area is 151 Å². The first kappa shape index (κ1) is 18.1. The largest absolute Gasteiger partial charge is 0.351 e. The molecule has 138 valence electrons. The zero-order valence-corrected chi connectivity index (χ0v) is 15.2. The highest BCUT2D eigenvalue weighted by atomic mass is 16.7. The molecule has 0 bridgehead atoms. The fourth-order valence-corrected chi connectivity index (χ4v) is 2.77. The van der Waals surface area contributed by atoms with Crippen LogP contribution >= 0.6 is 0 Å². The SMILES string of the molecule is CCOC(Cn1cc(C(=O)Nc2cccc3c2ccn3C)nn1)OCC. The van der Waals surface area contributed by atoms with Gasteiger partial charge in [-0.25, -0.2) is 4.68 Å². The molecule has 0 aliphatic carbocycles. The molecule has 8 heteroatoms. The predicted molar refractivity (Wildman–Crippen MR) is 97.9 cm³/mol. The van der Waals surface area contributed by atoms with E-state index in [9.17, 15) is 4.79 Å². The number of hydrogen-bond donors (Lipinski definition) is 1. The first-order chi connectivity index (χ1) is 12.6. The number of aromatic nitrogens is 4. The quantitative estimate of drug-likeness (QED) is 0.626. The molecule has 1 aromatic carbocycles. The van der Waals surface area contributed by atoms with Crippen LogP contribution in [0.15, 0.2) is 36.7 Å². The van der Waals surface area contributed by atoms with Gasteiger partial charge in [0, 0.05) is 37.4 Å². The van der Waals surface area contributed by atoms with Crippen LogP contribution in [0.2, 0.25) is 0 Å². The molecule has 26 heavy (non-hydrogen) atoms. The standard InChI is InChI=1S/C18H23N5O3/c1-4-25-17(26-5-2)12-23-11-15(20-21-23)18(24)19-14-7-6-8-16-13(14)9-10-22(16)3/h6-11,17H,4-5,12H2,1-3H3,(H,19,24). The summed E-state index contributed by atoms with van der Waals surface area (Å²) >= 11 is 0. The van der Waals surface area contributed by atoms with E-state index in [1.54, 1.807) is 10.9 Å². The van der Waals surface area contributed by atoms with Crippen molar-refractivity contribution in [1.82, 2.24) is 19.6 Å². The second kappa shape index (κ2) is 8.11. The topological polar surface area (TPSA) is 83.2 Å². The van der Waals surface area contributed by atoms with Gasteiger partial charge >= 0.3 is 0 Å². The van der Waals surface area contributed by atoms with Crippen molar-refractivity contribution < 1.29 is 14.3 Å². The normalized spacial score (nSPS) is 11.4. The van der Waals surface area contributed by atoms with Crippen LogP contribution in [-0.4, -0.2) is 45.0 Å². The van der Waals surface area contributed by atoms with E-state index in [0.29, 0.717) is 19.8 Å². The van der Waals surface area contributed by atoms with Gasteiger partial charge in [0.05, 0.1) is 18.4 Å². The number of rotatable bonds is 8. The van der Waals surface area contributed by atoms with E-state index in [4.69, 9.17) is 9.47 Å². The van der Waals surface area contributed by atoms with Crippen LogP contribution in [0.3, 0.4) is 0 Å². The number of carbonyl (C=O) groups is 1. The van der Waals surface area contributed by atoms with Crippen molar-refractivity contribution in [2.75, 3.05) is 18.5 Å². The minimum atomic E-state index is -0.416. The van der Waals surface area contributed by atoms with Crippen molar-refractivity contribution in [3.05, 3.63) is 42.4 Å². The number of carbonyl (C=O) groups excluding carboxylic acids is 1. The van der Waals surface area contributed by atoms with Crippen molar-refractivity contribution in [2.24, 2.45) is 7.05 Å². The third-order valence-electron chi connectivity index (χ3n) is 3.99. The summed E-state index contributed by atoms with van der Waals surface area (Å²) in [5, 5.41) is 11.8. The lowest BCUT2D eigenvalue weighted by atomic mass is 10.2. The Balaban J connectivity index is 1.71. The lowest BCUT2D eigenvalue weighted by Crippen LogP contribution is -2.24. The van der Waals surface area contributed by atoms with Crippen molar-refractivity contribution in [3.63, 3.8) is 0 Å². The maximum atomic E-state index is 12.5. The van der Waals surface area contributed by atoms with Crippen LogP contribution in [-0.2, 0) is 23.1 Å². The fraction of sp³-hybridized carbons (Fsp3) is 0.389. The number of fused-ring (bicyclic) bond motifs is 1. The van der Waals surface area contributed by atoms with Crippen LogP contribution in [0.25, 0.3) is 10.9 Å². The summed E-state index contributed by atoms with van der Waals surface area (Å²) < 4.78 is 14.5. The first-order valence-corrected chi connectivity index (χ1v) is 8.61. The van der Waals surface area contributed by atoms with Gasteiger partial charge < -0.3 is 19.4 Å². The summed E-state index contributed by atoms with van der Waals surface area (Å²) in [6, 6.07) is 7.74. The molecule has 2 heterocycles. The maximum Gasteiger partial charge on any atom is 0.277 e. The molecule has 3 rings (SSSR count). The molecule has 0 unspecified atom stereocenters. The molecule has 2 aromatic heterocycles. The lowest BCUT2D eigenvalue weighted by Gasteiger charge is -2.16. The Morgan fingerprint density at radius 2 is 2.00 bits per heavy atom. The molecule has 0 atom stereocenters. The molecule has 0 fully saturated rings. The highest BCUT2D eigenvalue weighted by Gasteiger charge is 2.15. The van der Waals surface area contributed by atoms with Gasteiger partial charge in [-0.15, -0.1) is 5.10 Å². The highest BCUT2D eigenvalue weighted by molar-refractivity contribution is 6.07. The third kappa shape index (κ3) is 3.92. The Hall–Kier alpha value is -2.71. The van der Waals surface area contributed by atoms with E-state index in [0.717, 1.165) is 16.6 Å². The molecule has 1 N–H and O–H groups in total. The maximum absolute atomic E-state index is 12.5. The smallest absolute Gasteiger partial charge is 0.277 e. The molecule has 0 saturated carbocycles. The Kier molecular flexibility index (Phi) is 5.65. The number of hydrogen-bond acceptors (Lipinski definition) is 5. The number of nitrogens with zero attached hydrogens (tertiary/aromatic N) is 4. The second-order valence-corrected chi connectivity index (χ2v) is 5.79. The van der Waals surface area contributed by atoms with Gasteiger partial charge in [-0.1, -0.05) is 11.3 Å². The van der Waals surface area contributed by atoms with E-state index in [1.807, 2.05) is 55.9 Å². The average Bonchev–Trinajstić information content (AvgIpc) is 3.23. The van der Waals surface area contributed by atoms with Crippen molar-refractivity contribution in [2.45, 2.75) is 26.7 Å². The van der Waals surface area contributed by atoms with Crippen LogP contribution in [0.4, 0.5) is 5.69 Å². The number of anilines is 1. The number of amides is 1. The van der Waals surface area contributed by atoms with Crippen molar-refractivity contribution >= 4 is 22.5 Å². The summed E-state index contributed by atoms with van der Waals surface area (Å²) in [7, 11) is 1.96. The zero-order valence-electron chi connectivity index (χ0n) is 15.2. The van der Waals surface area contributed by atoms with Crippen LogP contribution < -0.4 is 5.32 Å². The highest BCUT2D eigenvalue weighted by Crippen LogP contribution is 2.24. The van der Waals surface area contributed by atoms with E-state index >= 15 is 0 Å². The van der Waals surface area contributed by atoms with Crippen LogP contribution in [0.1, 0.15) is 24.3 Å². The molecular weight excluding hydrogens is 334 g/mol. The van der Waals surface area contributed by atoms with Crippen LogP contribution in [0, 0.1) is 0 Å². The summed E-state index contributed by atoms with van der Waals surface area (Å²) in [4.78, 5) is 12.5. The Bertz CT molecular complexity index is 880. The molecule has 8 nitrogen and oxygen atoms in total. The molecule has 3 aromatic rings. The van der Waals surface area contributed by atoms with Gasteiger partial charge in [-0.3, -0.25) is 4.79 Å². The number of aryl methyl sites for hydroxylation is 1. The zero-order chi connectivity index (χ0) is 18.5. The fourth-order valence-electron chi connectivity index (χ4n) is 2.77.